The summed E-state index contributed by atoms with van der Waals surface area (Å²) >= 11 is 0. The molecule has 0 aliphatic heterocycles. The van der Waals surface area contributed by atoms with Crippen molar-refractivity contribution in [2.75, 3.05) is 40.1 Å². The van der Waals surface area contributed by atoms with Gasteiger partial charge in [0.05, 0.1) is 5.75 Å². The lowest BCUT2D eigenvalue weighted by molar-refractivity contribution is 0.195. The van der Waals surface area contributed by atoms with Crippen LogP contribution in [0.1, 0.15) is 27.2 Å². The summed E-state index contributed by atoms with van der Waals surface area (Å²) < 4.78 is 31.3. The number of hydrogen-bond donors (Lipinski definition) is 1. The molecule has 6 heteroatoms. The Bertz CT molecular complexity index is 326. The highest BCUT2D eigenvalue weighted by molar-refractivity contribution is 7.89. The highest BCUT2D eigenvalue weighted by atomic mass is 32.2. The number of hydrogen-bond acceptors (Lipinski definition) is 4. The molecule has 0 heterocycles. The van der Waals surface area contributed by atoms with E-state index < -0.39 is 10.0 Å². The number of rotatable bonds is 9. The zero-order valence-corrected chi connectivity index (χ0v) is 13.3. The summed E-state index contributed by atoms with van der Waals surface area (Å²) in [5.74, 6) is 0.114. The van der Waals surface area contributed by atoms with Gasteiger partial charge in [-0.2, -0.15) is 0 Å². The normalized spacial score (nSPS) is 15.1. The molecule has 110 valence electrons. The zero-order valence-electron chi connectivity index (χ0n) is 12.5. The second-order valence-corrected chi connectivity index (χ2v) is 7.60. The Kier molecular flexibility index (Phi) is 7.36. The maximum absolute atomic E-state index is 11.9. The van der Waals surface area contributed by atoms with Gasteiger partial charge >= 0.3 is 0 Å². The third kappa shape index (κ3) is 7.31. The summed E-state index contributed by atoms with van der Waals surface area (Å²) in [5.41, 5.74) is -0.113. The lowest BCUT2D eigenvalue weighted by atomic mass is 9.85. The van der Waals surface area contributed by atoms with Gasteiger partial charge in [-0.25, -0.2) is 13.1 Å². The predicted molar refractivity (Wildman–Crippen MR) is 75.2 cm³/mol. The van der Waals surface area contributed by atoms with E-state index in [-0.39, 0.29) is 17.2 Å². The molecule has 18 heavy (non-hydrogen) atoms. The van der Waals surface area contributed by atoms with Crippen LogP contribution in [0.25, 0.3) is 0 Å². The third-order valence-electron chi connectivity index (χ3n) is 3.01. The van der Waals surface area contributed by atoms with Crippen LogP contribution in [0.4, 0.5) is 0 Å². The first-order valence-electron chi connectivity index (χ1n) is 6.24. The van der Waals surface area contributed by atoms with Gasteiger partial charge in [-0.15, -0.1) is 0 Å². The maximum atomic E-state index is 11.9. The lowest BCUT2D eigenvalue weighted by Crippen LogP contribution is -2.47. The minimum Gasteiger partial charge on any atom is -0.385 e. The molecule has 0 aliphatic rings. The Balaban J connectivity index is 4.40. The molecule has 1 unspecified atom stereocenters. The molecule has 1 atom stereocenters. The lowest BCUT2D eigenvalue weighted by Gasteiger charge is -2.34. The monoisotopic (exact) mass is 280 g/mol. The highest BCUT2D eigenvalue weighted by Gasteiger charge is 2.29. The first-order valence-corrected chi connectivity index (χ1v) is 7.89. The summed E-state index contributed by atoms with van der Waals surface area (Å²) in [6.45, 7) is 7.34. The Morgan fingerprint density at radius 2 is 1.89 bits per heavy atom. The van der Waals surface area contributed by atoms with Crippen molar-refractivity contribution in [1.82, 2.24) is 9.62 Å². The first kappa shape index (κ1) is 17.8. The topological polar surface area (TPSA) is 58.6 Å². The number of methoxy groups -OCH3 is 1. The predicted octanol–water partition coefficient (Wildman–Crippen LogP) is 0.919. The van der Waals surface area contributed by atoms with Gasteiger partial charge in [0.2, 0.25) is 10.0 Å². The van der Waals surface area contributed by atoms with Crippen molar-refractivity contribution in [1.29, 1.82) is 0 Å². The fourth-order valence-corrected chi connectivity index (χ4v) is 3.31. The number of ether oxygens (including phenoxy) is 1. The van der Waals surface area contributed by atoms with Gasteiger partial charge in [0.15, 0.2) is 0 Å². The molecule has 0 bridgehead atoms. The Morgan fingerprint density at radius 3 is 2.33 bits per heavy atom. The van der Waals surface area contributed by atoms with Crippen LogP contribution in [0.2, 0.25) is 0 Å². The molecule has 0 radical (unpaired) electrons. The van der Waals surface area contributed by atoms with E-state index in [0.29, 0.717) is 13.0 Å². The van der Waals surface area contributed by atoms with Crippen molar-refractivity contribution in [2.45, 2.75) is 33.2 Å². The molecular formula is C12H28N2O3S. The van der Waals surface area contributed by atoms with Gasteiger partial charge < -0.3 is 9.64 Å². The largest absolute Gasteiger partial charge is 0.385 e. The Hall–Kier alpha value is -0.170. The minimum atomic E-state index is -3.22. The average Bonchev–Trinajstić information content (AvgIpc) is 2.14. The molecule has 0 aromatic rings. The molecule has 0 aromatic carbocycles. The van der Waals surface area contributed by atoms with Crippen LogP contribution in [0.3, 0.4) is 0 Å². The number of nitrogens with one attached hydrogen (secondary N) is 1. The summed E-state index contributed by atoms with van der Waals surface area (Å²) in [6, 6.07) is -0.104. The van der Waals surface area contributed by atoms with Crippen molar-refractivity contribution in [3.63, 3.8) is 0 Å². The zero-order chi connectivity index (χ0) is 14.4. The van der Waals surface area contributed by atoms with Crippen LogP contribution in [0.5, 0.6) is 0 Å². The summed E-state index contributed by atoms with van der Waals surface area (Å²) in [6.07, 6.45) is 0.520. The van der Waals surface area contributed by atoms with Gasteiger partial charge in [-0.3, -0.25) is 0 Å². The molecule has 0 aliphatic carbocycles. The van der Waals surface area contributed by atoms with Crippen molar-refractivity contribution in [3.05, 3.63) is 0 Å². The van der Waals surface area contributed by atoms with E-state index in [1.807, 2.05) is 21.0 Å². The van der Waals surface area contributed by atoms with Crippen LogP contribution < -0.4 is 4.72 Å². The van der Waals surface area contributed by atoms with Crippen LogP contribution in [0.15, 0.2) is 0 Å². The summed E-state index contributed by atoms with van der Waals surface area (Å²) in [7, 11) is 2.33. The standard InChI is InChI=1S/C12H28N2O3S/c1-11(12(2,3)10-14(4)5)13-18(15,16)9-7-8-17-6/h11,13H,7-10H2,1-6H3. The smallest absolute Gasteiger partial charge is 0.211 e. The van der Waals surface area contributed by atoms with Crippen LogP contribution in [-0.4, -0.2) is 59.5 Å². The molecule has 0 aromatic heterocycles. The van der Waals surface area contributed by atoms with E-state index in [0.717, 1.165) is 6.54 Å². The molecule has 0 rings (SSSR count). The van der Waals surface area contributed by atoms with E-state index in [4.69, 9.17) is 4.74 Å². The van der Waals surface area contributed by atoms with Crippen molar-refractivity contribution in [2.24, 2.45) is 5.41 Å². The van der Waals surface area contributed by atoms with E-state index in [1.165, 1.54) is 0 Å². The molecule has 1 N–H and O–H groups in total. The summed E-state index contributed by atoms with van der Waals surface area (Å²) in [5, 5.41) is 0. The summed E-state index contributed by atoms with van der Waals surface area (Å²) in [4.78, 5) is 2.07. The van der Waals surface area contributed by atoms with Gasteiger partial charge in [0, 0.05) is 26.3 Å². The number of sulfonamides is 1. The van der Waals surface area contributed by atoms with Crippen molar-refractivity contribution >= 4 is 10.0 Å². The van der Waals surface area contributed by atoms with Gasteiger partial charge in [-0.05, 0) is 32.9 Å². The molecule has 0 amide bonds. The van der Waals surface area contributed by atoms with Gasteiger partial charge in [0.1, 0.15) is 0 Å². The Labute approximate surface area is 112 Å². The van der Waals surface area contributed by atoms with E-state index in [2.05, 4.69) is 23.5 Å². The molecule has 0 spiro atoms. The fourth-order valence-electron chi connectivity index (χ4n) is 1.83. The van der Waals surface area contributed by atoms with E-state index in [1.54, 1.807) is 7.11 Å². The third-order valence-corrected chi connectivity index (χ3v) is 4.55. The van der Waals surface area contributed by atoms with Crippen molar-refractivity contribution < 1.29 is 13.2 Å². The SMILES string of the molecule is COCCCS(=O)(=O)NC(C)C(C)(C)CN(C)C. The molecule has 5 nitrogen and oxygen atoms in total. The minimum absolute atomic E-state index is 0.104. The maximum Gasteiger partial charge on any atom is 0.211 e. The average molecular weight is 280 g/mol. The van der Waals surface area contributed by atoms with Crippen LogP contribution >= 0.6 is 0 Å². The molecular weight excluding hydrogens is 252 g/mol. The van der Waals surface area contributed by atoms with Crippen molar-refractivity contribution in [3.8, 4) is 0 Å². The second-order valence-electron chi connectivity index (χ2n) is 5.73. The Morgan fingerprint density at radius 1 is 1.33 bits per heavy atom. The highest BCUT2D eigenvalue weighted by Crippen LogP contribution is 2.21. The second kappa shape index (κ2) is 7.43. The van der Waals surface area contributed by atoms with Gasteiger partial charge in [-0.1, -0.05) is 13.8 Å². The quantitative estimate of drug-likeness (QED) is 0.638. The molecule has 0 saturated heterocycles. The number of nitrogens with zero attached hydrogens (tertiary/aromatic N) is 1. The van der Waals surface area contributed by atoms with E-state index >= 15 is 0 Å². The van der Waals surface area contributed by atoms with Gasteiger partial charge in [0.25, 0.3) is 0 Å². The first-order chi connectivity index (χ1) is 8.10. The van der Waals surface area contributed by atoms with Crippen LogP contribution in [-0.2, 0) is 14.8 Å². The van der Waals surface area contributed by atoms with Crippen LogP contribution in [0, 0.1) is 5.41 Å². The molecule has 0 fully saturated rings. The van der Waals surface area contributed by atoms with E-state index in [9.17, 15) is 8.42 Å². The molecule has 0 saturated carbocycles. The fraction of sp³-hybridized carbons (Fsp3) is 1.00.